The minimum Gasteiger partial charge on any atom is -0.402 e. The molecule has 0 amide bonds. The zero-order chi connectivity index (χ0) is 16.5. The van der Waals surface area contributed by atoms with E-state index in [0.29, 0.717) is 17.8 Å². The van der Waals surface area contributed by atoms with E-state index in [9.17, 15) is 0 Å². The fourth-order valence-corrected chi connectivity index (χ4v) is 6.36. The highest BCUT2D eigenvalue weighted by atomic mass is 14.8. The van der Waals surface area contributed by atoms with E-state index in [1.165, 1.54) is 6.42 Å². The molecule has 0 aromatic heterocycles. The fourth-order valence-electron chi connectivity index (χ4n) is 6.36. The maximum absolute atomic E-state index is 6.75. The molecule has 0 spiro atoms. The van der Waals surface area contributed by atoms with Crippen molar-refractivity contribution in [2.24, 2.45) is 51.6 Å². The zero-order valence-corrected chi connectivity index (χ0v) is 15.2. The van der Waals surface area contributed by atoms with Crippen LogP contribution in [0.15, 0.2) is 36.6 Å². The van der Waals surface area contributed by atoms with Gasteiger partial charge in [-0.2, -0.15) is 0 Å². The number of hydrogen-bond acceptors (Lipinski definition) is 1. The van der Waals surface area contributed by atoms with Crippen molar-refractivity contribution < 1.29 is 0 Å². The summed E-state index contributed by atoms with van der Waals surface area (Å²) >= 11 is 0. The summed E-state index contributed by atoms with van der Waals surface area (Å²) in [6.07, 6.45) is 10.7. The minimum atomic E-state index is -0.0449. The van der Waals surface area contributed by atoms with Crippen molar-refractivity contribution in [2.75, 3.05) is 0 Å². The molecule has 3 aliphatic rings. The van der Waals surface area contributed by atoms with Gasteiger partial charge in [0.15, 0.2) is 0 Å². The Labute approximate surface area is 136 Å². The third-order valence-electron chi connectivity index (χ3n) is 7.63. The smallest absolute Gasteiger partial charge is 0.0350 e. The van der Waals surface area contributed by atoms with Gasteiger partial charge in [0.1, 0.15) is 0 Å². The summed E-state index contributed by atoms with van der Waals surface area (Å²) in [7, 11) is 0. The van der Waals surface area contributed by atoms with Crippen LogP contribution in [0.5, 0.6) is 0 Å². The maximum atomic E-state index is 6.75. The Morgan fingerprint density at radius 2 is 1.73 bits per heavy atom. The van der Waals surface area contributed by atoms with E-state index in [2.05, 4.69) is 72.4 Å². The van der Waals surface area contributed by atoms with E-state index >= 15 is 0 Å². The second kappa shape index (κ2) is 4.52. The van der Waals surface area contributed by atoms with Gasteiger partial charge in [-0.1, -0.05) is 65.8 Å². The molecule has 0 aliphatic heterocycles. The maximum Gasteiger partial charge on any atom is 0.0350 e. The van der Waals surface area contributed by atoms with Crippen LogP contribution >= 0.6 is 0 Å². The third kappa shape index (κ3) is 1.66. The molecule has 122 valence electrons. The molecule has 0 radical (unpaired) electrons. The second-order valence-corrected chi connectivity index (χ2v) is 9.20. The Bertz CT molecular complexity index is 546. The highest BCUT2D eigenvalue weighted by Gasteiger charge is 2.70. The summed E-state index contributed by atoms with van der Waals surface area (Å²) in [5.41, 5.74) is 8.23. The van der Waals surface area contributed by atoms with Gasteiger partial charge in [0.25, 0.3) is 0 Å². The van der Waals surface area contributed by atoms with Gasteiger partial charge >= 0.3 is 0 Å². The summed E-state index contributed by atoms with van der Waals surface area (Å²) in [5, 5.41) is 0. The molecule has 2 N–H and O–H groups in total. The summed E-state index contributed by atoms with van der Waals surface area (Å²) in [6, 6.07) is 0. The van der Waals surface area contributed by atoms with Crippen molar-refractivity contribution in [3.8, 4) is 0 Å². The molecule has 0 aromatic rings. The van der Waals surface area contributed by atoms with Crippen molar-refractivity contribution in [1.29, 1.82) is 0 Å². The van der Waals surface area contributed by atoms with Crippen LogP contribution in [0.2, 0.25) is 0 Å². The first-order valence-corrected chi connectivity index (χ1v) is 8.93. The number of fused-ring (bicyclic) bond motifs is 1. The predicted molar refractivity (Wildman–Crippen MR) is 95.0 cm³/mol. The molecule has 22 heavy (non-hydrogen) atoms. The van der Waals surface area contributed by atoms with Crippen molar-refractivity contribution in [1.82, 2.24) is 0 Å². The van der Waals surface area contributed by atoms with Crippen molar-refractivity contribution in [2.45, 2.75) is 48.0 Å². The first kappa shape index (κ1) is 15.9. The molecule has 6 unspecified atom stereocenters. The Balaban J connectivity index is 2.00. The molecular weight excluding hydrogens is 266 g/mol. The van der Waals surface area contributed by atoms with E-state index in [1.807, 2.05) is 0 Å². The van der Waals surface area contributed by atoms with Crippen LogP contribution in [0.4, 0.5) is 0 Å². The Kier molecular flexibility index (Phi) is 3.27. The topological polar surface area (TPSA) is 26.0 Å². The van der Waals surface area contributed by atoms with E-state index in [-0.39, 0.29) is 16.2 Å². The van der Waals surface area contributed by atoms with Gasteiger partial charge in [-0.15, -0.1) is 6.58 Å². The van der Waals surface area contributed by atoms with E-state index in [1.54, 1.807) is 0 Å². The number of rotatable bonds is 3. The van der Waals surface area contributed by atoms with Gasteiger partial charge in [-0.3, -0.25) is 0 Å². The normalized spacial score (nSPS) is 52.6. The van der Waals surface area contributed by atoms with Crippen LogP contribution in [0.25, 0.3) is 0 Å². The molecule has 0 saturated heterocycles. The van der Waals surface area contributed by atoms with Crippen molar-refractivity contribution in [3.05, 3.63) is 36.6 Å². The highest BCUT2D eigenvalue weighted by Crippen LogP contribution is 2.75. The average Bonchev–Trinajstić information content (AvgIpc) is 2.68. The van der Waals surface area contributed by atoms with E-state index < -0.39 is 0 Å². The molecule has 0 heterocycles. The number of nitrogens with two attached hydrogens (primary N) is 1. The lowest BCUT2D eigenvalue weighted by Gasteiger charge is -2.67. The molecule has 2 saturated carbocycles. The summed E-state index contributed by atoms with van der Waals surface area (Å²) in [4.78, 5) is 0. The number of allylic oxidation sites excluding steroid dienone is 4. The predicted octanol–water partition coefficient (Wildman–Crippen LogP) is 5.16. The molecule has 6 atom stereocenters. The van der Waals surface area contributed by atoms with Crippen LogP contribution in [0.3, 0.4) is 0 Å². The first-order chi connectivity index (χ1) is 10.1. The van der Waals surface area contributed by atoms with Crippen molar-refractivity contribution >= 4 is 0 Å². The second-order valence-electron chi connectivity index (χ2n) is 9.20. The molecule has 1 nitrogen and oxygen atoms in total. The van der Waals surface area contributed by atoms with Gasteiger partial charge in [0.05, 0.1) is 0 Å². The molecule has 2 fully saturated rings. The lowest BCUT2D eigenvalue weighted by atomic mass is 9.36. The Morgan fingerprint density at radius 1 is 1.14 bits per heavy atom. The molecule has 0 bridgehead atoms. The molecular formula is C21H33N. The van der Waals surface area contributed by atoms with Crippen LogP contribution in [-0.4, -0.2) is 0 Å². The van der Waals surface area contributed by atoms with Crippen LogP contribution < -0.4 is 5.73 Å². The van der Waals surface area contributed by atoms with E-state index in [0.717, 1.165) is 17.5 Å². The molecule has 3 rings (SSSR count). The van der Waals surface area contributed by atoms with Gasteiger partial charge < -0.3 is 5.73 Å². The van der Waals surface area contributed by atoms with Gasteiger partial charge in [0.2, 0.25) is 0 Å². The molecule has 1 heteroatoms. The van der Waals surface area contributed by atoms with Crippen LogP contribution in [0.1, 0.15) is 48.0 Å². The van der Waals surface area contributed by atoms with Crippen LogP contribution in [-0.2, 0) is 0 Å². The summed E-state index contributed by atoms with van der Waals surface area (Å²) in [5.74, 6) is 3.23. The minimum absolute atomic E-state index is 0.0449. The molecule has 3 aliphatic carbocycles. The SMILES string of the molecule is C=CC1(/C(N)=C\C2C(C)CC2C)C(C)C2(C)C=CC(C)(C)C21. The average molecular weight is 300 g/mol. The van der Waals surface area contributed by atoms with E-state index in [4.69, 9.17) is 5.73 Å². The van der Waals surface area contributed by atoms with Crippen LogP contribution in [0, 0.1) is 45.8 Å². The first-order valence-electron chi connectivity index (χ1n) is 8.93. The van der Waals surface area contributed by atoms with Gasteiger partial charge in [-0.25, -0.2) is 0 Å². The highest BCUT2D eigenvalue weighted by molar-refractivity contribution is 5.41. The standard InChI is InChI=1S/C21H33N/c1-8-21(17(22)12-16-13(2)11-14(16)3)15(4)20(7)10-9-19(5,6)18(20)21/h8-10,12-16,18H,1,11,22H2,2-7H3/b17-12+. The van der Waals surface area contributed by atoms with Crippen molar-refractivity contribution in [3.63, 3.8) is 0 Å². The monoisotopic (exact) mass is 299 g/mol. The zero-order valence-electron chi connectivity index (χ0n) is 15.2. The lowest BCUT2D eigenvalue weighted by Crippen LogP contribution is -2.64. The van der Waals surface area contributed by atoms with Gasteiger partial charge in [0, 0.05) is 11.1 Å². The quantitative estimate of drug-likeness (QED) is 0.716. The summed E-state index contributed by atoms with van der Waals surface area (Å²) in [6.45, 7) is 18.4. The number of hydrogen-bond donors (Lipinski definition) is 1. The summed E-state index contributed by atoms with van der Waals surface area (Å²) < 4.78 is 0. The molecule has 0 aromatic carbocycles. The third-order valence-corrected chi connectivity index (χ3v) is 7.63. The Hall–Kier alpha value is -0.980. The lowest BCUT2D eigenvalue weighted by molar-refractivity contribution is -0.131. The largest absolute Gasteiger partial charge is 0.402 e. The van der Waals surface area contributed by atoms with Gasteiger partial charge in [-0.05, 0) is 46.8 Å². The Morgan fingerprint density at radius 3 is 2.23 bits per heavy atom. The fraction of sp³-hybridized carbons (Fsp3) is 0.714.